The van der Waals surface area contributed by atoms with Crippen LogP contribution in [0.25, 0.3) is 0 Å². The summed E-state index contributed by atoms with van der Waals surface area (Å²) in [7, 11) is 0. The second-order valence-corrected chi connectivity index (χ2v) is 20.3. The molecule has 0 radical (unpaired) electrons. The molecule has 0 spiro atoms. The molecule has 1 saturated heterocycles. The molecule has 11 heteroatoms. The summed E-state index contributed by atoms with van der Waals surface area (Å²) in [4.78, 5) is 26.5. The third kappa shape index (κ3) is 40.8. The average Bonchev–Trinajstić information content (AvgIpc) is 3.43. The van der Waals surface area contributed by atoms with Crippen LogP contribution in [-0.2, 0) is 23.8 Å². The summed E-state index contributed by atoms with van der Waals surface area (Å²) in [5.41, 5.74) is 0. The smallest absolute Gasteiger partial charge is 0.306 e. The lowest BCUT2D eigenvalue weighted by Gasteiger charge is -2.41. The van der Waals surface area contributed by atoms with Gasteiger partial charge in [-0.3, -0.25) is 9.59 Å². The Morgan fingerprint density at radius 3 is 1.43 bits per heavy atom. The summed E-state index contributed by atoms with van der Waals surface area (Å²) in [6.07, 6.45) is 62.4. The van der Waals surface area contributed by atoms with E-state index in [9.17, 15) is 35.1 Å². The number of nitrogens with one attached hydrogen (secondary N) is 1. The van der Waals surface area contributed by atoms with Gasteiger partial charge in [0.1, 0.15) is 24.4 Å². The predicted octanol–water partition coefficient (Wildman–Crippen LogP) is 14.3. The summed E-state index contributed by atoms with van der Waals surface area (Å²) in [5.74, 6) is -1.30. The number of hydrogen-bond donors (Lipinski definition) is 6. The van der Waals surface area contributed by atoms with Crippen LogP contribution in [0.1, 0.15) is 220 Å². The summed E-state index contributed by atoms with van der Waals surface area (Å²) in [6.45, 7) is 5.58. The summed E-state index contributed by atoms with van der Waals surface area (Å²) >= 11 is 0. The lowest BCUT2D eigenvalue weighted by Crippen LogP contribution is -2.61. The molecular weight excluding hydrogens is 967 g/mol. The molecule has 438 valence electrons. The van der Waals surface area contributed by atoms with Crippen LogP contribution in [0.3, 0.4) is 0 Å². The summed E-state index contributed by atoms with van der Waals surface area (Å²) in [6, 6.07) is -1.07. The van der Waals surface area contributed by atoms with Gasteiger partial charge in [0, 0.05) is 6.42 Å². The zero-order chi connectivity index (χ0) is 56.1. The summed E-state index contributed by atoms with van der Waals surface area (Å²) in [5, 5.41) is 56.9. The van der Waals surface area contributed by atoms with E-state index in [1.54, 1.807) is 6.08 Å². The van der Waals surface area contributed by atoms with Crippen molar-refractivity contribution in [3.63, 3.8) is 0 Å². The number of aliphatic hydroxyl groups excluding tert-OH is 5. The molecule has 1 heterocycles. The van der Waals surface area contributed by atoms with E-state index in [-0.39, 0.29) is 19.4 Å². The largest absolute Gasteiger partial charge is 0.454 e. The Labute approximate surface area is 468 Å². The van der Waals surface area contributed by atoms with E-state index in [1.165, 1.54) is 70.6 Å². The van der Waals surface area contributed by atoms with E-state index in [0.29, 0.717) is 12.8 Å². The zero-order valence-corrected chi connectivity index (χ0v) is 48.3. The molecule has 0 saturated carbocycles. The van der Waals surface area contributed by atoms with Crippen molar-refractivity contribution in [3.8, 4) is 0 Å². The molecule has 0 aliphatic carbocycles. The molecular formula is C66H109NO10. The molecule has 1 fully saturated rings. The number of amides is 1. The highest BCUT2D eigenvalue weighted by molar-refractivity contribution is 5.80. The van der Waals surface area contributed by atoms with Crippen LogP contribution >= 0.6 is 0 Å². The van der Waals surface area contributed by atoms with E-state index in [0.717, 1.165) is 103 Å². The fourth-order valence-electron chi connectivity index (χ4n) is 8.55. The Hall–Kier alpha value is -3.94. The molecule has 1 aliphatic heterocycles. The Morgan fingerprint density at radius 1 is 0.519 bits per heavy atom. The quantitative estimate of drug-likeness (QED) is 0.0195. The van der Waals surface area contributed by atoms with Crippen molar-refractivity contribution in [2.75, 3.05) is 13.2 Å². The Balaban J connectivity index is 2.78. The Bertz CT molecular complexity index is 1710. The van der Waals surface area contributed by atoms with E-state index in [4.69, 9.17) is 14.2 Å². The van der Waals surface area contributed by atoms with Gasteiger partial charge >= 0.3 is 5.97 Å². The fraction of sp³-hybridized carbons (Fsp3) is 0.667. The first-order chi connectivity index (χ1) is 37.7. The van der Waals surface area contributed by atoms with Crippen LogP contribution < -0.4 is 5.32 Å². The maximum atomic E-state index is 13.4. The van der Waals surface area contributed by atoms with Crippen LogP contribution in [0.15, 0.2) is 122 Å². The number of rotatable bonds is 49. The average molecular weight is 1080 g/mol. The van der Waals surface area contributed by atoms with Crippen LogP contribution in [0, 0.1) is 0 Å². The van der Waals surface area contributed by atoms with Crippen LogP contribution in [0.4, 0.5) is 0 Å². The van der Waals surface area contributed by atoms with Gasteiger partial charge in [-0.05, 0) is 109 Å². The number of ether oxygens (including phenoxy) is 3. The number of aliphatic hydroxyl groups is 5. The summed E-state index contributed by atoms with van der Waals surface area (Å²) < 4.78 is 17.5. The van der Waals surface area contributed by atoms with Crippen molar-refractivity contribution < 1.29 is 49.3 Å². The Kier molecular flexibility index (Phi) is 48.7. The number of esters is 1. The zero-order valence-electron chi connectivity index (χ0n) is 48.3. The Morgan fingerprint density at radius 2 is 0.935 bits per heavy atom. The minimum atomic E-state index is -1.64. The highest BCUT2D eigenvalue weighted by Crippen LogP contribution is 2.26. The molecule has 77 heavy (non-hydrogen) atoms. The van der Waals surface area contributed by atoms with Crippen molar-refractivity contribution in [3.05, 3.63) is 122 Å². The monoisotopic (exact) mass is 1080 g/mol. The standard InChI is InChI=1S/C66H109NO10/c1-4-7-10-13-16-19-22-25-27-29-30-31-33-36-39-42-45-48-51-54-61(71)77-64-63(73)62(72)60(55-68)76-66(64)75-56-57(58(69)52-49-46-43-40-37-34-24-21-18-15-12-9-6-3)67-65(74)59(70)53-50-47-44-41-38-35-32-28-26-23-20-17-14-11-8-5-2/h8,11,16-17,19-20,25-28,30-31,35-36,38-39,44,47,49,52,57-60,62-64,66,68-70,72-73H,4-7,9-10,12-15,18,21-24,29,32-34,37,40-43,45-46,48,50-51,53-56H2,1-3H3,(H,67,74)/b11-8-,19-16-,20-17-,27-25-,28-26-,31-30-,38-35-,39-36-,47-44-,52-49+. The second-order valence-electron chi connectivity index (χ2n) is 20.3. The van der Waals surface area contributed by atoms with Gasteiger partial charge in [-0.25, -0.2) is 0 Å². The van der Waals surface area contributed by atoms with Crippen LogP contribution in [0.2, 0.25) is 0 Å². The van der Waals surface area contributed by atoms with Gasteiger partial charge < -0.3 is 45.1 Å². The van der Waals surface area contributed by atoms with Gasteiger partial charge in [-0.2, -0.15) is 0 Å². The van der Waals surface area contributed by atoms with Gasteiger partial charge in [0.05, 0.1) is 25.4 Å². The van der Waals surface area contributed by atoms with Crippen LogP contribution in [-0.4, -0.2) is 99.6 Å². The molecule has 11 nitrogen and oxygen atoms in total. The van der Waals surface area contributed by atoms with E-state index in [2.05, 4.69) is 123 Å². The third-order valence-corrected chi connectivity index (χ3v) is 13.4. The molecule has 0 aromatic carbocycles. The number of carbonyl (C=O) groups is 2. The minimum Gasteiger partial charge on any atom is -0.454 e. The first kappa shape index (κ1) is 71.1. The van der Waals surface area contributed by atoms with Crippen molar-refractivity contribution in [1.29, 1.82) is 0 Å². The number of hydrogen-bond acceptors (Lipinski definition) is 10. The predicted molar refractivity (Wildman–Crippen MR) is 319 cm³/mol. The molecule has 1 aliphatic rings. The molecule has 1 amide bonds. The van der Waals surface area contributed by atoms with Gasteiger partial charge in [0.25, 0.3) is 0 Å². The van der Waals surface area contributed by atoms with Crippen LogP contribution in [0.5, 0.6) is 0 Å². The lowest BCUT2D eigenvalue weighted by molar-refractivity contribution is -0.305. The lowest BCUT2D eigenvalue weighted by atomic mass is 9.99. The van der Waals surface area contributed by atoms with E-state index >= 15 is 0 Å². The number of allylic oxidation sites excluding steroid dienone is 19. The molecule has 8 unspecified atom stereocenters. The molecule has 6 N–H and O–H groups in total. The first-order valence-electron chi connectivity index (χ1n) is 30.3. The van der Waals surface area contributed by atoms with Gasteiger partial charge in [-0.15, -0.1) is 0 Å². The van der Waals surface area contributed by atoms with Gasteiger partial charge in [0.15, 0.2) is 12.4 Å². The molecule has 8 atom stereocenters. The van der Waals surface area contributed by atoms with Crippen molar-refractivity contribution in [2.45, 2.75) is 269 Å². The molecule has 0 bridgehead atoms. The maximum Gasteiger partial charge on any atom is 0.306 e. The van der Waals surface area contributed by atoms with Gasteiger partial charge in [0.2, 0.25) is 5.91 Å². The topological polar surface area (TPSA) is 175 Å². The number of unbranched alkanes of at least 4 members (excludes halogenated alkanes) is 17. The highest BCUT2D eigenvalue weighted by Gasteiger charge is 2.47. The third-order valence-electron chi connectivity index (χ3n) is 13.4. The molecule has 1 rings (SSSR count). The fourth-order valence-corrected chi connectivity index (χ4v) is 8.55. The molecule has 0 aromatic rings. The highest BCUT2D eigenvalue weighted by atomic mass is 16.7. The maximum absolute atomic E-state index is 13.4. The van der Waals surface area contributed by atoms with E-state index < -0.39 is 67.4 Å². The van der Waals surface area contributed by atoms with Crippen molar-refractivity contribution in [1.82, 2.24) is 5.32 Å². The first-order valence-corrected chi connectivity index (χ1v) is 30.3. The second kappa shape index (κ2) is 52.7. The van der Waals surface area contributed by atoms with E-state index in [1.807, 2.05) is 18.2 Å². The number of carbonyl (C=O) groups excluding carboxylic acids is 2. The van der Waals surface area contributed by atoms with Gasteiger partial charge in [-0.1, -0.05) is 226 Å². The normalized spacial score (nSPS) is 19.9. The van der Waals surface area contributed by atoms with Crippen molar-refractivity contribution >= 4 is 11.9 Å². The molecule has 0 aromatic heterocycles. The SMILES string of the molecule is CC/C=C\C/C=C\C/C=C\C/C=C\C/C=C\CCC(O)C(=O)NC(COC1OC(CO)C(O)C(O)C1OC(=O)CCCCC/C=C\C/C=C\C/C=C\C/C=C\CCCCC)C(O)/C=C/CCCCCCCCCCCCC. The van der Waals surface area contributed by atoms with Crippen molar-refractivity contribution in [2.24, 2.45) is 0 Å². The minimum absolute atomic E-state index is 0.0723.